The fourth-order valence-corrected chi connectivity index (χ4v) is 3.07. The van der Waals surface area contributed by atoms with Gasteiger partial charge in [0.05, 0.1) is 4.99 Å². The topological polar surface area (TPSA) is 66.6 Å². The van der Waals surface area contributed by atoms with Gasteiger partial charge in [0.1, 0.15) is 0 Å². The molecule has 0 aromatic carbocycles. The third-order valence-corrected chi connectivity index (χ3v) is 4.43. The van der Waals surface area contributed by atoms with Crippen LogP contribution in [0.3, 0.4) is 0 Å². The van der Waals surface area contributed by atoms with Crippen molar-refractivity contribution in [1.29, 1.82) is 0 Å². The summed E-state index contributed by atoms with van der Waals surface area (Å²) in [5.74, 6) is -0.375. The van der Waals surface area contributed by atoms with Crippen LogP contribution in [0.15, 0.2) is 0 Å². The molecular formula is C13H21N3O2S. The normalized spacial score (nSPS) is 30.1. The van der Waals surface area contributed by atoms with Gasteiger partial charge in [-0.1, -0.05) is 26.1 Å². The molecule has 2 amide bonds. The zero-order chi connectivity index (χ0) is 14.2. The van der Waals surface area contributed by atoms with Crippen LogP contribution >= 0.6 is 12.2 Å². The third-order valence-electron chi connectivity index (χ3n) is 4.31. The number of nitrogens with zero attached hydrogens (tertiary/aromatic N) is 2. The van der Waals surface area contributed by atoms with Crippen molar-refractivity contribution >= 4 is 29.0 Å². The van der Waals surface area contributed by atoms with E-state index in [9.17, 15) is 9.59 Å². The number of carbonyl (C=O) groups is 2. The number of hydrogen-bond acceptors (Lipinski definition) is 4. The fraction of sp³-hybridized carbons (Fsp3) is 0.769. The second kappa shape index (κ2) is 5.54. The standard InChI is InChI=1S/C13H21N3O2S/c1-8-9(2)13(18)16(12(8)17)10-3-5-15(6-4-10)7-11(14)19/h8-10H,3-7H2,1-2H3,(H2,14,19). The summed E-state index contributed by atoms with van der Waals surface area (Å²) < 4.78 is 0. The number of nitrogens with two attached hydrogens (primary N) is 1. The summed E-state index contributed by atoms with van der Waals surface area (Å²) in [6.07, 6.45) is 1.64. The zero-order valence-corrected chi connectivity index (χ0v) is 12.3. The number of amides is 2. The van der Waals surface area contributed by atoms with E-state index in [0.717, 1.165) is 25.9 Å². The molecule has 2 rings (SSSR count). The molecule has 19 heavy (non-hydrogen) atoms. The van der Waals surface area contributed by atoms with E-state index in [2.05, 4.69) is 4.90 Å². The van der Waals surface area contributed by atoms with E-state index in [0.29, 0.717) is 11.5 Å². The minimum atomic E-state index is -0.179. The average Bonchev–Trinajstić information content (AvgIpc) is 2.55. The summed E-state index contributed by atoms with van der Waals surface area (Å²) in [5, 5.41) is 0. The van der Waals surface area contributed by atoms with Crippen molar-refractivity contribution in [2.24, 2.45) is 17.6 Å². The smallest absolute Gasteiger partial charge is 0.233 e. The summed E-state index contributed by atoms with van der Waals surface area (Å²) in [6, 6.07) is 0.0509. The quantitative estimate of drug-likeness (QED) is 0.599. The van der Waals surface area contributed by atoms with Crippen molar-refractivity contribution in [3.63, 3.8) is 0 Å². The zero-order valence-electron chi connectivity index (χ0n) is 11.5. The second-order valence-electron chi connectivity index (χ2n) is 5.60. The van der Waals surface area contributed by atoms with Crippen molar-refractivity contribution in [2.75, 3.05) is 19.6 Å². The summed E-state index contributed by atoms with van der Waals surface area (Å²) in [5.41, 5.74) is 5.53. The molecular weight excluding hydrogens is 262 g/mol. The van der Waals surface area contributed by atoms with E-state index in [4.69, 9.17) is 18.0 Å². The molecule has 2 saturated heterocycles. The fourth-order valence-electron chi connectivity index (χ4n) is 2.89. The van der Waals surface area contributed by atoms with Gasteiger partial charge in [0.15, 0.2) is 0 Å². The van der Waals surface area contributed by atoms with Gasteiger partial charge in [-0.3, -0.25) is 19.4 Å². The molecule has 0 aromatic rings. The molecule has 0 aromatic heterocycles. The monoisotopic (exact) mass is 283 g/mol. The highest BCUT2D eigenvalue weighted by molar-refractivity contribution is 7.80. The Morgan fingerprint density at radius 2 is 1.68 bits per heavy atom. The molecule has 6 heteroatoms. The van der Waals surface area contributed by atoms with Crippen molar-refractivity contribution in [1.82, 2.24) is 9.80 Å². The van der Waals surface area contributed by atoms with Crippen molar-refractivity contribution < 1.29 is 9.59 Å². The van der Waals surface area contributed by atoms with Gasteiger partial charge in [-0.25, -0.2) is 0 Å². The molecule has 0 radical (unpaired) electrons. The number of likely N-dealkylation sites (tertiary alicyclic amines) is 2. The minimum absolute atomic E-state index is 0.00899. The lowest BCUT2D eigenvalue weighted by Gasteiger charge is -2.35. The van der Waals surface area contributed by atoms with Crippen LogP contribution in [0.25, 0.3) is 0 Å². The Labute approximate surface area is 119 Å². The maximum absolute atomic E-state index is 12.1. The maximum atomic E-state index is 12.1. The molecule has 2 atom stereocenters. The van der Waals surface area contributed by atoms with Gasteiger partial charge in [0.2, 0.25) is 11.8 Å². The average molecular weight is 283 g/mol. The van der Waals surface area contributed by atoms with E-state index in [1.165, 1.54) is 4.90 Å². The third kappa shape index (κ3) is 2.79. The lowest BCUT2D eigenvalue weighted by atomic mass is 10.00. The van der Waals surface area contributed by atoms with Gasteiger partial charge < -0.3 is 5.73 Å². The molecule has 0 saturated carbocycles. The molecule has 106 valence electrons. The Balaban J connectivity index is 1.96. The van der Waals surface area contributed by atoms with Crippen LogP contribution in [0.4, 0.5) is 0 Å². The Morgan fingerprint density at radius 3 is 2.11 bits per heavy atom. The largest absolute Gasteiger partial charge is 0.392 e. The molecule has 2 aliphatic rings. The first kappa shape index (κ1) is 14.4. The molecule has 5 nitrogen and oxygen atoms in total. The molecule has 2 N–H and O–H groups in total. The van der Waals surface area contributed by atoms with Crippen LogP contribution in [0.1, 0.15) is 26.7 Å². The lowest BCUT2D eigenvalue weighted by molar-refractivity contribution is -0.143. The highest BCUT2D eigenvalue weighted by atomic mass is 32.1. The first-order chi connectivity index (χ1) is 8.91. The summed E-state index contributed by atoms with van der Waals surface area (Å²) in [6.45, 7) is 5.97. The molecule has 0 bridgehead atoms. The molecule has 2 unspecified atom stereocenters. The number of piperidine rings is 1. The predicted molar refractivity (Wildman–Crippen MR) is 76.4 cm³/mol. The number of imide groups is 1. The molecule has 2 aliphatic heterocycles. The van der Waals surface area contributed by atoms with Crippen LogP contribution in [0.2, 0.25) is 0 Å². The lowest BCUT2D eigenvalue weighted by Crippen LogP contribution is -2.48. The van der Waals surface area contributed by atoms with E-state index in [1.54, 1.807) is 0 Å². The first-order valence-electron chi connectivity index (χ1n) is 6.79. The molecule has 0 aliphatic carbocycles. The Kier molecular flexibility index (Phi) is 4.20. The Hall–Kier alpha value is -1.01. The number of hydrogen-bond donors (Lipinski definition) is 1. The number of thiocarbonyl (C=S) groups is 1. The Morgan fingerprint density at radius 1 is 1.21 bits per heavy atom. The van der Waals surface area contributed by atoms with Crippen LogP contribution in [0.5, 0.6) is 0 Å². The van der Waals surface area contributed by atoms with Gasteiger partial charge in [0, 0.05) is 37.5 Å². The van der Waals surface area contributed by atoms with Gasteiger partial charge in [-0.05, 0) is 12.8 Å². The van der Waals surface area contributed by atoms with Crippen LogP contribution < -0.4 is 5.73 Å². The van der Waals surface area contributed by atoms with E-state index in [1.807, 2.05) is 13.8 Å². The van der Waals surface area contributed by atoms with Crippen LogP contribution in [0, 0.1) is 11.8 Å². The first-order valence-corrected chi connectivity index (χ1v) is 7.20. The van der Waals surface area contributed by atoms with E-state index >= 15 is 0 Å². The SMILES string of the molecule is CC1C(=O)N(C2CCN(CC(N)=S)CC2)C(=O)C1C. The van der Waals surface area contributed by atoms with Crippen LogP contribution in [-0.4, -0.2) is 52.3 Å². The van der Waals surface area contributed by atoms with Crippen molar-refractivity contribution in [2.45, 2.75) is 32.7 Å². The molecule has 2 heterocycles. The van der Waals surface area contributed by atoms with Gasteiger partial charge in [-0.15, -0.1) is 0 Å². The van der Waals surface area contributed by atoms with E-state index in [-0.39, 0.29) is 29.7 Å². The number of rotatable bonds is 3. The van der Waals surface area contributed by atoms with Gasteiger partial charge >= 0.3 is 0 Å². The summed E-state index contributed by atoms with van der Waals surface area (Å²) >= 11 is 4.90. The van der Waals surface area contributed by atoms with Gasteiger partial charge in [-0.2, -0.15) is 0 Å². The maximum Gasteiger partial charge on any atom is 0.233 e. The Bertz CT molecular complexity index is 385. The second-order valence-corrected chi connectivity index (χ2v) is 6.12. The predicted octanol–water partition coefficient (Wildman–Crippen LogP) is 0.378. The number of carbonyl (C=O) groups excluding carboxylic acids is 2. The van der Waals surface area contributed by atoms with Crippen molar-refractivity contribution in [3.8, 4) is 0 Å². The molecule has 0 spiro atoms. The van der Waals surface area contributed by atoms with Crippen LogP contribution in [-0.2, 0) is 9.59 Å². The van der Waals surface area contributed by atoms with Gasteiger partial charge in [0.25, 0.3) is 0 Å². The van der Waals surface area contributed by atoms with E-state index < -0.39 is 0 Å². The minimum Gasteiger partial charge on any atom is -0.392 e. The summed E-state index contributed by atoms with van der Waals surface area (Å²) in [4.78, 5) is 28.4. The molecule has 2 fully saturated rings. The highest BCUT2D eigenvalue weighted by Crippen LogP contribution is 2.30. The van der Waals surface area contributed by atoms with Crippen molar-refractivity contribution in [3.05, 3.63) is 0 Å². The highest BCUT2D eigenvalue weighted by Gasteiger charge is 2.45. The summed E-state index contributed by atoms with van der Waals surface area (Å²) in [7, 11) is 0.